The van der Waals surface area contributed by atoms with Crippen molar-refractivity contribution in [3.05, 3.63) is 63.4 Å². The topological polar surface area (TPSA) is 67.6 Å². The van der Waals surface area contributed by atoms with Gasteiger partial charge in [0.15, 0.2) is 5.76 Å². The van der Waals surface area contributed by atoms with Crippen molar-refractivity contribution in [2.45, 2.75) is 19.0 Å². The number of aryl methyl sites for hydroxylation is 2. The Morgan fingerprint density at radius 1 is 1.07 bits per heavy atom. The first-order valence-corrected chi connectivity index (χ1v) is 8.92. The lowest BCUT2D eigenvalue weighted by molar-refractivity contribution is -0.138. The first kappa shape index (κ1) is 18.6. The van der Waals surface area contributed by atoms with E-state index < -0.39 is 17.6 Å². The van der Waals surface area contributed by atoms with E-state index in [0.29, 0.717) is 27.9 Å². The van der Waals surface area contributed by atoms with E-state index in [2.05, 4.69) is 36.6 Å². The summed E-state index contributed by atoms with van der Waals surface area (Å²) in [5.74, 6) is 0.122. The maximum absolute atomic E-state index is 14.4. The van der Waals surface area contributed by atoms with Crippen molar-refractivity contribution in [3.63, 3.8) is 0 Å². The van der Waals surface area contributed by atoms with E-state index in [4.69, 9.17) is 4.42 Å². The Bertz CT molecular complexity index is 1140. The molecule has 10 heteroatoms. The quantitative estimate of drug-likeness (QED) is 0.423. The third kappa shape index (κ3) is 3.64. The number of tetrazole rings is 1. The van der Waals surface area contributed by atoms with Gasteiger partial charge in [0.05, 0.1) is 5.56 Å². The summed E-state index contributed by atoms with van der Waals surface area (Å²) in [6.07, 6.45) is -3.99. The number of aromatic amines is 1. The van der Waals surface area contributed by atoms with Gasteiger partial charge >= 0.3 is 6.18 Å². The van der Waals surface area contributed by atoms with Crippen LogP contribution in [0.1, 0.15) is 16.7 Å². The van der Waals surface area contributed by atoms with Crippen molar-refractivity contribution >= 4 is 26.9 Å². The molecule has 0 aliphatic rings. The van der Waals surface area contributed by atoms with Crippen LogP contribution in [-0.2, 0) is 19.0 Å². The average molecular weight is 455 g/mol. The van der Waals surface area contributed by atoms with Crippen LogP contribution >= 0.6 is 15.9 Å². The van der Waals surface area contributed by atoms with Crippen molar-refractivity contribution in [1.82, 2.24) is 20.6 Å². The largest absolute Gasteiger partial charge is 0.453 e. The Morgan fingerprint density at radius 3 is 2.61 bits per heavy atom. The maximum atomic E-state index is 14.4. The lowest BCUT2D eigenvalue weighted by atomic mass is 10.0. The van der Waals surface area contributed by atoms with E-state index in [1.165, 1.54) is 18.2 Å². The SMILES string of the molecule is Fc1cc2cc(-c3nn[nH]n3)oc2cc1CCc1ccc(Br)c(C(F)(F)F)c1. The summed E-state index contributed by atoms with van der Waals surface area (Å²) in [6, 6.07) is 8.45. The summed E-state index contributed by atoms with van der Waals surface area (Å²) < 4.78 is 59.1. The Hall–Kier alpha value is -2.75. The molecule has 0 unspecified atom stereocenters. The fourth-order valence-electron chi connectivity index (χ4n) is 2.89. The highest BCUT2D eigenvalue weighted by molar-refractivity contribution is 9.10. The molecule has 0 aliphatic carbocycles. The van der Waals surface area contributed by atoms with Crippen LogP contribution in [0.2, 0.25) is 0 Å². The molecule has 4 rings (SSSR count). The minimum Gasteiger partial charge on any atom is -0.453 e. The van der Waals surface area contributed by atoms with Gasteiger partial charge in [-0.2, -0.15) is 18.4 Å². The highest BCUT2D eigenvalue weighted by Crippen LogP contribution is 2.35. The molecule has 0 saturated heterocycles. The number of aromatic nitrogens is 4. The number of furan rings is 1. The maximum Gasteiger partial charge on any atom is 0.417 e. The van der Waals surface area contributed by atoms with Crippen LogP contribution in [0, 0.1) is 5.82 Å². The molecule has 0 spiro atoms. The standard InChI is InChI=1S/C18H11BrF4N4O/c19-13-4-2-9(5-12(13)18(21,22)23)1-3-10-7-15-11(6-14(10)20)8-16(28-15)17-24-26-27-25-17/h2,4-8H,1,3H2,(H,24,25,26,27). The van der Waals surface area contributed by atoms with Crippen LogP contribution in [-0.4, -0.2) is 20.6 Å². The summed E-state index contributed by atoms with van der Waals surface area (Å²) in [5, 5.41) is 13.9. The fraction of sp³-hybridized carbons (Fsp3) is 0.167. The zero-order valence-corrected chi connectivity index (χ0v) is 15.6. The molecule has 0 radical (unpaired) electrons. The smallest absolute Gasteiger partial charge is 0.417 e. The molecule has 0 bridgehead atoms. The second kappa shape index (κ2) is 7.01. The van der Waals surface area contributed by atoms with Gasteiger partial charge in [-0.3, -0.25) is 0 Å². The molecule has 2 aromatic carbocycles. The number of nitrogens with one attached hydrogen (secondary N) is 1. The van der Waals surface area contributed by atoms with Gasteiger partial charge in [-0.15, -0.1) is 10.2 Å². The number of nitrogens with zero attached hydrogens (tertiary/aromatic N) is 3. The van der Waals surface area contributed by atoms with Gasteiger partial charge in [0, 0.05) is 9.86 Å². The van der Waals surface area contributed by atoms with Gasteiger partial charge in [0.1, 0.15) is 11.4 Å². The molecule has 0 aliphatic heterocycles. The van der Waals surface area contributed by atoms with Crippen molar-refractivity contribution in [3.8, 4) is 11.6 Å². The minimum atomic E-state index is -4.46. The van der Waals surface area contributed by atoms with Gasteiger partial charge in [0.2, 0.25) is 5.82 Å². The number of hydrogen-bond acceptors (Lipinski definition) is 4. The van der Waals surface area contributed by atoms with Crippen LogP contribution in [0.4, 0.5) is 17.6 Å². The highest BCUT2D eigenvalue weighted by atomic mass is 79.9. The van der Waals surface area contributed by atoms with Crippen molar-refractivity contribution in [1.29, 1.82) is 0 Å². The number of benzene rings is 2. The molecule has 28 heavy (non-hydrogen) atoms. The van der Waals surface area contributed by atoms with Crippen LogP contribution in [0.5, 0.6) is 0 Å². The molecule has 2 aromatic heterocycles. The summed E-state index contributed by atoms with van der Waals surface area (Å²) in [5.41, 5.74) is 0.486. The van der Waals surface area contributed by atoms with E-state index >= 15 is 0 Å². The zero-order chi connectivity index (χ0) is 19.9. The first-order chi connectivity index (χ1) is 13.3. The highest BCUT2D eigenvalue weighted by Gasteiger charge is 2.33. The van der Waals surface area contributed by atoms with Crippen molar-refractivity contribution in [2.75, 3.05) is 0 Å². The molecular formula is C18H11BrF4N4O. The number of rotatable bonds is 4. The summed E-state index contributed by atoms with van der Waals surface area (Å²) >= 11 is 2.91. The van der Waals surface area contributed by atoms with Gasteiger partial charge in [-0.1, -0.05) is 22.0 Å². The lowest BCUT2D eigenvalue weighted by Crippen LogP contribution is -2.07. The molecular weight excluding hydrogens is 444 g/mol. The van der Waals surface area contributed by atoms with E-state index in [1.807, 2.05) is 0 Å². The lowest BCUT2D eigenvalue weighted by Gasteiger charge is -2.11. The van der Waals surface area contributed by atoms with E-state index in [-0.39, 0.29) is 23.1 Å². The molecule has 0 amide bonds. The Morgan fingerprint density at radius 2 is 1.89 bits per heavy atom. The molecule has 0 atom stereocenters. The van der Waals surface area contributed by atoms with Crippen molar-refractivity contribution < 1.29 is 22.0 Å². The normalized spacial score (nSPS) is 12.0. The number of hydrogen-bond donors (Lipinski definition) is 1. The molecule has 0 fully saturated rings. The number of alkyl halides is 3. The summed E-state index contributed by atoms with van der Waals surface area (Å²) in [6.45, 7) is 0. The fourth-order valence-corrected chi connectivity index (χ4v) is 3.36. The second-order valence-corrected chi connectivity index (χ2v) is 6.99. The third-order valence-corrected chi connectivity index (χ3v) is 4.96. The Labute approximate surface area is 163 Å². The van der Waals surface area contributed by atoms with Crippen LogP contribution in [0.25, 0.3) is 22.6 Å². The van der Waals surface area contributed by atoms with E-state index in [0.717, 1.165) is 6.07 Å². The molecule has 0 saturated carbocycles. The van der Waals surface area contributed by atoms with E-state index in [1.54, 1.807) is 12.1 Å². The Kier molecular flexibility index (Phi) is 4.66. The van der Waals surface area contributed by atoms with Crippen LogP contribution in [0.15, 0.2) is 45.3 Å². The van der Waals surface area contributed by atoms with Gasteiger partial charge in [-0.25, -0.2) is 4.39 Å². The summed E-state index contributed by atoms with van der Waals surface area (Å²) in [4.78, 5) is 0. The molecule has 2 heterocycles. The minimum absolute atomic E-state index is 0.0269. The van der Waals surface area contributed by atoms with Gasteiger partial charge in [0.25, 0.3) is 0 Å². The second-order valence-electron chi connectivity index (χ2n) is 6.14. The number of halogens is 5. The molecule has 4 aromatic rings. The number of H-pyrrole nitrogens is 1. The van der Waals surface area contributed by atoms with Gasteiger partial charge < -0.3 is 4.42 Å². The van der Waals surface area contributed by atoms with Gasteiger partial charge in [-0.05, 0) is 59.5 Å². The van der Waals surface area contributed by atoms with E-state index in [9.17, 15) is 17.6 Å². The molecule has 5 nitrogen and oxygen atoms in total. The zero-order valence-electron chi connectivity index (χ0n) is 14.0. The van der Waals surface area contributed by atoms with Crippen LogP contribution in [0.3, 0.4) is 0 Å². The monoisotopic (exact) mass is 454 g/mol. The summed E-state index contributed by atoms with van der Waals surface area (Å²) in [7, 11) is 0. The van der Waals surface area contributed by atoms with Crippen LogP contribution < -0.4 is 0 Å². The number of fused-ring (bicyclic) bond motifs is 1. The predicted octanol–water partition coefficient (Wildman–Crippen LogP) is 5.32. The predicted molar refractivity (Wildman–Crippen MR) is 95.9 cm³/mol. The Balaban J connectivity index is 1.59. The van der Waals surface area contributed by atoms with Crippen molar-refractivity contribution in [2.24, 2.45) is 0 Å². The first-order valence-electron chi connectivity index (χ1n) is 8.12. The molecule has 144 valence electrons. The third-order valence-electron chi connectivity index (χ3n) is 4.27. The average Bonchev–Trinajstić information content (AvgIpc) is 3.29. The molecule has 1 N–H and O–H groups in total.